The van der Waals surface area contributed by atoms with Crippen LogP contribution in [0.15, 0.2) is 75.5 Å². The summed E-state index contributed by atoms with van der Waals surface area (Å²) < 4.78 is 23.0. The number of methoxy groups -OCH3 is 1. The highest BCUT2D eigenvalue weighted by molar-refractivity contribution is 8.00. The number of nitrogens with one attached hydrogen (secondary N) is 3. The van der Waals surface area contributed by atoms with Gasteiger partial charge in [-0.15, -0.1) is 0 Å². The summed E-state index contributed by atoms with van der Waals surface area (Å²) in [5.41, 5.74) is 3.38. The van der Waals surface area contributed by atoms with Crippen LogP contribution in [0.3, 0.4) is 0 Å². The van der Waals surface area contributed by atoms with Crippen molar-refractivity contribution in [2.24, 2.45) is 0 Å². The fourth-order valence-corrected chi connectivity index (χ4v) is 7.71. The molecule has 4 heterocycles. The van der Waals surface area contributed by atoms with Gasteiger partial charge in [0.1, 0.15) is 17.1 Å². The van der Waals surface area contributed by atoms with E-state index >= 15 is 4.39 Å². The molecule has 0 aliphatic carbocycles. The third kappa shape index (κ3) is 5.01. The van der Waals surface area contributed by atoms with Gasteiger partial charge in [0.2, 0.25) is 5.43 Å². The van der Waals surface area contributed by atoms with Gasteiger partial charge in [-0.05, 0) is 81.2 Å². The lowest BCUT2D eigenvalue weighted by Crippen LogP contribution is -2.31. The molecule has 5 aromatic rings. The van der Waals surface area contributed by atoms with Gasteiger partial charge in [0.25, 0.3) is 5.91 Å². The minimum absolute atomic E-state index is 0.0184. The van der Waals surface area contributed by atoms with Crippen LogP contribution in [0.25, 0.3) is 27.5 Å². The van der Waals surface area contributed by atoms with Gasteiger partial charge in [-0.1, -0.05) is 23.9 Å². The number of nitrogens with zero attached hydrogens (tertiary/aromatic N) is 2. The van der Waals surface area contributed by atoms with Crippen molar-refractivity contribution < 1.29 is 13.9 Å². The summed E-state index contributed by atoms with van der Waals surface area (Å²) >= 11 is 1.45. The third-order valence-corrected chi connectivity index (χ3v) is 10.0. The number of ether oxygens (including phenoxy) is 1. The third-order valence-electron chi connectivity index (χ3n) is 8.88. The van der Waals surface area contributed by atoms with Crippen LogP contribution in [-0.2, 0) is 6.42 Å². The van der Waals surface area contributed by atoms with Crippen LogP contribution in [-0.4, -0.2) is 60.2 Å². The zero-order chi connectivity index (χ0) is 30.4. The molecule has 1 atom stereocenters. The summed E-state index contributed by atoms with van der Waals surface area (Å²) in [4.78, 5) is 34.4. The molecule has 1 fully saturated rings. The van der Waals surface area contributed by atoms with E-state index in [9.17, 15) is 9.59 Å². The van der Waals surface area contributed by atoms with Crippen molar-refractivity contribution in [2.45, 2.75) is 41.5 Å². The van der Waals surface area contributed by atoms with Crippen LogP contribution in [0.4, 0.5) is 10.1 Å². The standard InChI is InChI=1S/C34H34FN5O3S/c1-39-15-5-6-21(39)12-14-36-30-26(35)17-24-31-33(30)44-29-8-4-3-7-28(29)40(31)19-25(32(24)41)34(42)37-13-11-20-18-38-27-10-9-22(43-2)16-23(20)27/h3-4,7-10,16-19,21,36,38H,5-6,11-15H2,1-2H3,(H,37,42). The molecule has 0 saturated carbocycles. The fraction of sp³-hybridized carbons (Fsp3) is 0.294. The van der Waals surface area contributed by atoms with E-state index in [4.69, 9.17) is 4.74 Å². The zero-order valence-corrected chi connectivity index (χ0v) is 25.5. The molecule has 2 aromatic heterocycles. The van der Waals surface area contributed by atoms with E-state index < -0.39 is 17.2 Å². The van der Waals surface area contributed by atoms with Gasteiger partial charge in [-0.3, -0.25) is 9.59 Å². The smallest absolute Gasteiger partial charge is 0.256 e. The molecule has 0 spiro atoms. The number of H-pyrrole nitrogens is 1. The normalized spacial score (nSPS) is 15.9. The van der Waals surface area contributed by atoms with Gasteiger partial charge in [0.05, 0.1) is 34.3 Å². The highest BCUT2D eigenvalue weighted by atomic mass is 32.2. The molecule has 10 heteroatoms. The van der Waals surface area contributed by atoms with Crippen molar-refractivity contribution in [3.8, 4) is 11.4 Å². The number of anilines is 1. The summed E-state index contributed by atoms with van der Waals surface area (Å²) in [6.07, 6.45) is 7.32. The number of para-hydroxylation sites is 1. The van der Waals surface area contributed by atoms with E-state index in [1.54, 1.807) is 13.3 Å². The highest BCUT2D eigenvalue weighted by Gasteiger charge is 2.28. The quantitative estimate of drug-likeness (QED) is 0.187. The molecular weight excluding hydrogens is 577 g/mol. The molecule has 2 aliphatic rings. The molecule has 7 rings (SSSR count). The number of halogens is 1. The SMILES string of the molecule is COc1ccc2[nH]cc(CCNC(=O)c3cn4c5c(c(NCCC6CCCN6C)c(F)cc5c3=O)Sc3ccccc3-4)c2c1. The van der Waals surface area contributed by atoms with E-state index in [0.717, 1.165) is 52.2 Å². The van der Waals surface area contributed by atoms with Crippen LogP contribution in [0.5, 0.6) is 5.75 Å². The topological polar surface area (TPSA) is 91.4 Å². The molecule has 1 unspecified atom stereocenters. The maximum atomic E-state index is 15.8. The summed E-state index contributed by atoms with van der Waals surface area (Å²) in [5.74, 6) is -0.223. The number of aromatic nitrogens is 2. The molecule has 3 aromatic carbocycles. The van der Waals surface area contributed by atoms with Crippen LogP contribution in [0.1, 0.15) is 35.2 Å². The van der Waals surface area contributed by atoms with Crippen molar-refractivity contribution in [2.75, 3.05) is 39.1 Å². The first kappa shape index (κ1) is 28.5. The van der Waals surface area contributed by atoms with E-state index in [2.05, 4.69) is 27.6 Å². The monoisotopic (exact) mass is 611 g/mol. The van der Waals surface area contributed by atoms with Gasteiger partial charge in [0, 0.05) is 47.3 Å². The Morgan fingerprint density at radius 1 is 1.16 bits per heavy atom. The van der Waals surface area contributed by atoms with Gasteiger partial charge >= 0.3 is 0 Å². The minimum atomic E-state index is -0.491. The maximum Gasteiger partial charge on any atom is 0.256 e. The molecule has 8 nitrogen and oxygen atoms in total. The summed E-state index contributed by atoms with van der Waals surface area (Å²) in [6.45, 7) is 2.04. The van der Waals surface area contributed by atoms with Crippen molar-refractivity contribution in [1.29, 1.82) is 0 Å². The number of aromatic amines is 1. The molecular formula is C34H34FN5O3S. The Labute approximate surface area is 258 Å². The number of rotatable bonds is 9. The van der Waals surface area contributed by atoms with Crippen molar-refractivity contribution in [3.63, 3.8) is 0 Å². The number of amides is 1. The van der Waals surface area contributed by atoms with Crippen LogP contribution in [0.2, 0.25) is 0 Å². The molecule has 0 radical (unpaired) electrons. The number of hydrogen-bond donors (Lipinski definition) is 3. The summed E-state index contributed by atoms with van der Waals surface area (Å²) in [7, 11) is 3.76. The highest BCUT2D eigenvalue weighted by Crippen LogP contribution is 2.46. The van der Waals surface area contributed by atoms with Gasteiger partial charge in [0.15, 0.2) is 0 Å². The number of benzene rings is 3. The Morgan fingerprint density at radius 2 is 2.02 bits per heavy atom. The Morgan fingerprint density at radius 3 is 2.84 bits per heavy atom. The number of fused-ring (bicyclic) bond motifs is 3. The van der Waals surface area contributed by atoms with Gasteiger partial charge in [-0.25, -0.2) is 4.39 Å². The van der Waals surface area contributed by atoms with Crippen LogP contribution in [0, 0.1) is 5.82 Å². The molecule has 1 amide bonds. The van der Waals surface area contributed by atoms with Crippen molar-refractivity contribution >= 4 is 45.2 Å². The molecule has 44 heavy (non-hydrogen) atoms. The van der Waals surface area contributed by atoms with Crippen molar-refractivity contribution in [3.05, 3.63) is 88.1 Å². The lowest BCUT2D eigenvalue weighted by Gasteiger charge is -2.26. The second-order valence-electron chi connectivity index (χ2n) is 11.5. The molecule has 226 valence electrons. The first-order valence-corrected chi connectivity index (χ1v) is 15.8. The average Bonchev–Trinajstić information content (AvgIpc) is 3.64. The van der Waals surface area contributed by atoms with Gasteiger partial charge < -0.3 is 29.8 Å². The van der Waals surface area contributed by atoms with E-state index in [1.165, 1.54) is 24.2 Å². The number of carbonyl (C=O) groups excluding carboxylic acids is 1. The largest absolute Gasteiger partial charge is 0.497 e. The lowest BCUT2D eigenvalue weighted by molar-refractivity contribution is 0.0952. The minimum Gasteiger partial charge on any atom is -0.497 e. The van der Waals surface area contributed by atoms with E-state index in [-0.39, 0.29) is 10.9 Å². The van der Waals surface area contributed by atoms with E-state index in [0.29, 0.717) is 41.7 Å². The Balaban J connectivity index is 1.19. The Kier molecular flexibility index (Phi) is 7.55. The number of carbonyl (C=O) groups is 1. The van der Waals surface area contributed by atoms with E-state index in [1.807, 2.05) is 53.2 Å². The molecule has 1 saturated heterocycles. The Hall–Kier alpha value is -4.28. The lowest BCUT2D eigenvalue weighted by atomic mass is 10.1. The number of hydrogen-bond acceptors (Lipinski definition) is 6. The molecule has 3 N–H and O–H groups in total. The van der Waals surface area contributed by atoms with Gasteiger partial charge in [-0.2, -0.15) is 0 Å². The predicted molar refractivity (Wildman–Crippen MR) is 173 cm³/mol. The predicted octanol–water partition coefficient (Wildman–Crippen LogP) is 5.95. The zero-order valence-electron chi connectivity index (χ0n) is 24.7. The second kappa shape index (κ2) is 11.7. The summed E-state index contributed by atoms with van der Waals surface area (Å²) in [6, 6.07) is 15.4. The number of pyridine rings is 1. The van der Waals surface area contributed by atoms with Crippen LogP contribution < -0.4 is 20.8 Å². The first-order valence-electron chi connectivity index (χ1n) is 15.0. The fourth-order valence-electron chi connectivity index (χ4n) is 6.50. The van der Waals surface area contributed by atoms with Crippen molar-refractivity contribution in [1.82, 2.24) is 19.8 Å². The number of likely N-dealkylation sites (tertiary alicyclic amines) is 1. The molecule has 0 bridgehead atoms. The van der Waals surface area contributed by atoms with Crippen LogP contribution >= 0.6 is 11.8 Å². The molecule has 2 aliphatic heterocycles. The second-order valence-corrected chi connectivity index (χ2v) is 12.5. The maximum absolute atomic E-state index is 15.8. The first-order chi connectivity index (χ1) is 21.4. The summed E-state index contributed by atoms with van der Waals surface area (Å²) in [5, 5.41) is 7.48. The average molecular weight is 612 g/mol. The Bertz CT molecular complexity index is 1970.